The fraction of sp³-hybridized carbons (Fsp3) is 0.588. The zero-order valence-electron chi connectivity index (χ0n) is 15.6. The highest BCUT2D eigenvalue weighted by molar-refractivity contribution is 7.90. The van der Waals surface area contributed by atoms with Crippen molar-refractivity contribution in [3.8, 4) is 5.75 Å². The van der Waals surface area contributed by atoms with E-state index in [1.54, 1.807) is 6.07 Å². The Labute approximate surface area is 154 Å². The summed E-state index contributed by atoms with van der Waals surface area (Å²) in [7, 11) is -1.42. The number of nitrogens with one attached hydrogen (secondary N) is 3. The Balaban J connectivity index is 0.000000254. The monoisotopic (exact) mass is 385 g/mol. The van der Waals surface area contributed by atoms with Crippen molar-refractivity contribution in [3.63, 3.8) is 0 Å². The molecule has 0 saturated heterocycles. The number of anilines is 2. The van der Waals surface area contributed by atoms with Gasteiger partial charge >= 0.3 is 6.09 Å². The zero-order valence-corrected chi connectivity index (χ0v) is 16.4. The van der Waals surface area contributed by atoms with Gasteiger partial charge in [0.2, 0.25) is 10.0 Å². The molecule has 1 heterocycles. The van der Waals surface area contributed by atoms with Gasteiger partial charge in [-0.3, -0.25) is 5.32 Å². The molecule has 0 radical (unpaired) electrons. The Morgan fingerprint density at radius 3 is 2.54 bits per heavy atom. The van der Waals surface area contributed by atoms with Crippen LogP contribution in [0.4, 0.5) is 16.2 Å². The minimum absolute atomic E-state index is 0.0764. The number of carbonyl (C=O) groups excluding carboxylic acids is 1. The molecule has 1 saturated carbocycles. The van der Waals surface area contributed by atoms with E-state index in [4.69, 9.17) is 9.47 Å². The van der Waals surface area contributed by atoms with Crippen molar-refractivity contribution in [2.24, 2.45) is 0 Å². The number of amides is 1. The standard InChI is InChI=1S/C13H18N2O3.C4H9NO2S/c1-13(2,3)18-12(16)15-9-4-5-11-10(8-9)14-6-7-17-11;1-5-8(6,7)4-2-3-4/h4-5,8,14H,6-7H2,1-3H3,(H,15,16);4-5H,2-3H2,1H3. The van der Waals surface area contributed by atoms with Crippen molar-refractivity contribution in [1.29, 1.82) is 0 Å². The van der Waals surface area contributed by atoms with Crippen molar-refractivity contribution in [2.45, 2.75) is 44.5 Å². The van der Waals surface area contributed by atoms with Gasteiger partial charge in [0.1, 0.15) is 18.0 Å². The predicted molar refractivity (Wildman–Crippen MR) is 101 cm³/mol. The molecule has 2 aliphatic rings. The van der Waals surface area contributed by atoms with Crippen molar-refractivity contribution in [2.75, 3.05) is 30.8 Å². The molecular formula is C17H27N3O5S. The number of sulfonamides is 1. The summed E-state index contributed by atoms with van der Waals surface area (Å²) < 4.78 is 34.2. The van der Waals surface area contributed by atoms with Gasteiger partial charge in [0.25, 0.3) is 0 Å². The Morgan fingerprint density at radius 1 is 1.31 bits per heavy atom. The van der Waals surface area contributed by atoms with E-state index >= 15 is 0 Å². The van der Waals surface area contributed by atoms with Crippen molar-refractivity contribution >= 4 is 27.5 Å². The summed E-state index contributed by atoms with van der Waals surface area (Å²) in [5.74, 6) is 0.802. The van der Waals surface area contributed by atoms with Crippen LogP contribution in [0.1, 0.15) is 33.6 Å². The Morgan fingerprint density at radius 2 is 2.00 bits per heavy atom. The lowest BCUT2D eigenvalue weighted by molar-refractivity contribution is 0.0636. The van der Waals surface area contributed by atoms with Crippen LogP contribution in [0.25, 0.3) is 0 Å². The second-order valence-corrected chi connectivity index (χ2v) is 9.23. The average Bonchev–Trinajstić information content (AvgIpc) is 3.39. The first-order valence-electron chi connectivity index (χ1n) is 8.54. The normalized spacial score (nSPS) is 16.2. The number of fused-ring (bicyclic) bond motifs is 1. The fourth-order valence-electron chi connectivity index (χ4n) is 2.18. The largest absolute Gasteiger partial charge is 0.490 e. The molecule has 0 spiro atoms. The van der Waals surface area contributed by atoms with Crippen LogP contribution in [-0.2, 0) is 14.8 Å². The number of ether oxygens (including phenoxy) is 2. The average molecular weight is 385 g/mol. The number of carbonyl (C=O) groups is 1. The molecule has 0 atom stereocenters. The highest BCUT2D eigenvalue weighted by atomic mass is 32.2. The zero-order chi connectivity index (χ0) is 19.4. The smallest absolute Gasteiger partial charge is 0.412 e. The molecule has 0 unspecified atom stereocenters. The van der Waals surface area contributed by atoms with Gasteiger partial charge in [-0.2, -0.15) is 0 Å². The van der Waals surface area contributed by atoms with E-state index in [9.17, 15) is 13.2 Å². The molecule has 1 aliphatic carbocycles. The van der Waals surface area contributed by atoms with E-state index in [-0.39, 0.29) is 5.25 Å². The van der Waals surface area contributed by atoms with Gasteiger partial charge in [-0.15, -0.1) is 0 Å². The lowest BCUT2D eigenvalue weighted by atomic mass is 10.2. The third kappa shape index (κ3) is 6.38. The lowest BCUT2D eigenvalue weighted by Gasteiger charge is -2.21. The van der Waals surface area contributed by atoms with Crippen LogP contribution in [-0.4, -0.2) is 45.6 Å². The predicted octanol–water partition coefficient (Wildman–Crippen LogP) is 2.54. The first-order valence-corrected chi connectivity index (χ1v) is 10.1. The number of rotatable bonds is 3. The van der Waals surface area contributed by atoms with Crippen LogP contribution in [0.3, 0.4) is 0 Å². The maximum Gasteiger partial charge on any atom is 0.412 e. The van der Waals surface area contributed by atoms with Crippen LogP contribution in [0.15, 0.2) is 18.2 Å². The van der Waals surface area contributed by atoms with E-state index in [1.165, 1.54) is 7.05 Å². The minimum atomic E-state index is -2.88. The molecule has 1 aliphatic heterocycles. The van der Waals surface area contributed by atoms with Gasteiger partial charge in [0.15, 0.2) is 0 Å². The number of hydrogen-bond acceptors (Lipinski definition) is 6. The van der Waals surface area contributed by atoms with E-state index < -0.39 is 21.7 Å². The maximum atomic E-state index is 11.6. The third-order valence-corrected chi connectivity index (χ3v) is 5.47. The summed E-state index contributed by atoms with van der Waals surface area (Å²) in [6.07, 6.45) is 1.21. The van der Waals surface area contributed by atoms with Crippen molar-refractivity contribution in [1.82, 2.24) is 4.72 Å². The highest BCUT2D eigenvalue weighted by Gasteiger charge is 2.34. The fourth-order valence-corrected chi connectivity index (χ4v) is 3.27. The number of hydrogen-bond donors (Lipinski definition) is 3. The minimum Gasteiger partial charge on any atom is -0.490 e. The Kier molecular flexibility index (Phi) is 6.35. The van der Waals surface area contributed by atoms with E-state index in [2.05, 4.69) is 15.4 Å². The summed E-state index contributed by atoms with van der Waals surface area (Å²) in [5, 5.41) is 5.82. The van der Waals surface area contributed by atoms with Crippen LogP contribution < -0.4 is 20.1 Å². The quantitative estimate of drug-likeness (QED) is 0.738. The Hall–Kier alpha value is -2.00. The van der Waals surface area contributed by atoms with Gasteiger partial charge in [-0.25, -0.2) is 17.9 Å². The first-order chi connectivity index (χ1) is 12.1. The maximum absolute atomic E-state index is 11.6. The van der Waals surface area contributed by atoms with Crippen LogP contribution in [0, 0.1) is 0 Å². The highest BCUT2D eigenvalue weighted by Crippen LogP contribution is 2.30. The SMILES string of the molecule is CC(C)(C)OC(=O)Nc1ccc2c(c1)NCCO2.CNS(=O)(=O)C1CC1. The summed E-state index contributed by atoms with van der Waals surface area (Å²) >= 11 is 0. The van der Waals surface area contributed by atoms with Gasteiger partial charge in [-0.1, -0.05) is 0 Å². The van der Waals surface area contributed by atoms with Gasteiger partial charge in [0.05, 0.1) is 10.9 Å². The molecule has 1 aromatic rings. The molecule has 146 valence electrons. The third-order valence-electron chi connectivity index (χ3n) is 3.55. The van der Waals surface area contributed by atoms with Crippen LogP contribution in [0.5, 0.6) is 5.75 Å². The second-order valence-electron chi connectivity index (χ2n) is 7.06. The topological polar surface area (TPSA) is 106 Å². The molecule has 9 heteroatoms. The van der Waals surface area contributed by atoms with E-state index in [0.717, 1.165) is 30.8 Å². The molecule has 1 amide bonds. The van der Waals surface area contributed by atoms with Gasteiger partial charge in [0, 0.05) is 12.2 Å². The molecule has 1 aromatic carbocycles. The molecule has 0 bridgehead atoms. The second kappa shape index (κ2) is 8.13. The van der Waals surface area contributed by atoms with E-state index in [1.807, 2.05) is 32.9 Å². The molecule has 8 nitrogen and oxygen atoms in total. The van der Waals surface area contributed by atoms with Crippen LogP contribution >= 0.6 is 0 Å². The van der Waals surface area contributed by atoms with Gasteiger partial charge in [-0.05, 0) is 58.9 Å². The Bertz CT molecular complexity index is 739. The molecule has 3 rings (SSSR count). The van der Waals surface area contributed by atoms with E-state index in [0.29, 0.717) is 12.3 Å². The first kappa shape index (κ1) is 20.3. The van der Waals surface area contributed by atoms with Gasteiger partial charge < -0.3 is 14.8 Å². The number of benzene rings is 1. The summed E-state index contributed by atoms with van der Waals surface area (Å²) in [5.41, 5.74) is 1.07. The molecule has 26 heavy (non-hydrogen) atoms. The lowest BCUT2D eigenvalue weighted by Crippen LogP contribution is -2.27. The summed E-state index contributed by atoms with van der Waals surface area (Å²) in [6.45, 7) is 6.91. The molecule has 0 aromatic heterocycles. The summed E-state index contributed by atoms with van der Waals surface area (Å²) in [4.78, 5) is 11.6. The van der Waals surface area contributed by atoms with Crippen molar-refractivity contribution in [3.05, 3.63) is 18.2 Å². The summed E-state index contributed by atoms with van der Waals surface area (Å²) in [6, 6.07) is 5.45. The molecule has 3 N–H and O–H groups in total. The molecule has 1 fully saturated rings. The molecular weight excluding hydrogens is 358 g/mol. The van der Waals surface area contributed by atoms with Crippen molar-refractivity contribution < 1.29 is 22.7 Å². The van der Waals surface area contributed by atoms with Crippen LogP contribution in [0.2, 0.25) is 0 Å².